The molecule has 0 N–H and O–H groups in total. The van der Waals surface area contributed by atoms with Crippen LogP contribution in [0.1, 0.15) is 25.7 Å². The maximum absolute atomic E-state index is 8.43. The smallest absolute Gasteiger partial charge is 0.0911 e. The van der Waals surface area contributed by atoms with Gasteiger partial charge in [-0.1, -0.05) is 5.57 Å². The van der Waals surface area contributed by atoms with E-state index in [-0.39, 0.29) is 0 Å². The SMILES string of the molecule is N#C/C=C1/CC2CCC1C2. The molecule has 0 aromatic carbocycles. The molecule has 0 heterocycles. The minimum Gasteiger partial charge on any atom is -0.193 e. The van der Waals surface area contributed by atoms with Crippen molar-refractivity contribution in [1.82, 2.24) is 0 Å². The van der Waals surface area contributed by atoms with Crippen LogP contribution in [0.4, 0.5) is 0 Å². The number of hydrogen-bond donors (Lipinski definition) is 0. The Labute approximate surface area is 61.4 Å². The van der Waals surface area contributed by atoms with Gasteiger partial charge in [0.2, 0.25) is 0 Å². The molecule has 52 valence electrons. The molecule has 1 nitrogen and oxygen atoms in total. The molecule has 0 saturated heterocycles. The average molecular weight is 133 g/mol. The molecule has 0 aliphatic heterocycles. The topological polar surface area (TPSA) is 23.8 Å². The summed E-state index contributed by atoms with van der Waals surface area (Å²) < 4.78 is 0. The molecule has 0 aromatic rings. The molecular formula is C9H11N. The highest BCUT2D eigenvalue weighted by Gasteiger charge is 2.34. The lowest BCUT2D eigenvalue weighted by molar-refractivity contribution is 0.561. The van der Waals surface area contributed by atoms with Crippen LogP contribution in [0.5, 0.6) is 0 Å². The summed E-state index contributed by atoms with van der Waals surface area (Å²) in [6.07, 6.45) is 7.11. The van der Waals surface area contributed by atoms with Crippen molar-refractivity contribution in [2.45, 2.75) is 25.7 Å². The third-order valence-electron chi connectivity index (χ3n) is 2.84. The number of hydrogen-bond acceptors (Lipinski definition) is 1. The van der Waals surface area contributed by atoms with Gasteiger partial charge in [-0.25, -0.2) is 0 Å². The molecule has 10 heavy (non-hydrogen) atoms. The molecule has 1 heteroatoms. The van der Waals surface area contributed by atoms with Crippen molar-refractivity contribution in [3.63, 3.8) is 0 Å². The van der Waals surface area contributed by atoms with Crippen molar-refractivity contribution in [3.05, 3.63) is 11.6 Å². The Kier molecular flexibility index (Phi) is 1.27. The Bertz CT molecular complexity index is 209. The predicted molar refractivity (Wildman–Crippen MR) is 39.1 cm³/mol. The zero-order valence-corrected chi connectivity index (χ0v) is 6.01. The standard InChI is InChI=1S/C9H11N/c10-4-3-9-6-7-1-2-8(9)5-7/h3,7-8H,1-2,5-6H2/b9-3-. The van der Waals surface area contributed by atoms with Crippen LogP contribution >= 0.6 is 0 Å². The lowest BCUT2D eigenvalue weighted by Crippen LogP contribution is -1.96. The van der Waals surface area contributed by atoms with Crippen molar-refractivity contribution in [1.29, 1.82) is 5.26 Å². The van der Waals surface area contributed by atoms with Gasteiger partial charge in [0, 0.05) is 6.08 Å². The van der Waals surface area contributed by atoms with E-state index in [1.807, 2.05) is 0 Å². The lowest BCUT2D eigenvalue weighted by Gasteiger charge is -2.10. The van der Waals surface area contributed by atoms with Gasteiger partial charge in [-0.15, -0.1) is 0 Å². The van der Waals surface area contributed by atoms with Gasteiger partial charge in [0.1, 0.15) is 0 Å². The zero-order valence-electron chi connectivity index (χ0n) is 6.01. The van der Waals surface area contributed by atoms with Crippen LogP contribution in [-0.2, 0) is 0 Å². The van der Waals surface area contributed by atoms with Gasteiger partial charge in [0.15, 0.2) is 0 Å². The molecule has 2 rings (SSSR count). The van der Waals surface area contributed by atoms with Crippen LogP contribution < -0.4 is 0 Å². The quantitative estimate of drug-likeness (QED) is 0.465. The summed E-state index contributed by atoms with van der Waals surface area (Å²) in [7, 11) is 0. The van der Waals surface area contributed by atoms with Crippen molar-refractivity contribution in [2.24, 2.45) is 11.8 Å². The second-order valence-electron chi connectivity index (χ2n) is 3.43. The number of fused-ring (bicyclic) bond motifs is 2. The largest absolute Gasteiger partial charge is 0.193 e. The predicted octanol–water partition coefficient (Wildman–Crippen LogP) is 2.26. The maximum Gasteiger partial charge on any atom is 0.0911 e. The van der Waals surface area contributed by atoms with Gasteiger partial charge in [-0.2, -0.15) is 5.26 Å². The summed E-state index contributed by atoms with van der Waals surface area (Å²) in [5, 5.41) is 8.43. The molecular weight excluding hydrogens is 122 g/mol. The highest BCUT2D eigenvalue weighted by molar-refractivity contribution is 5.22. The Morgan fingerprint density at radius 1 is 1.50 bits per heavy atom. The third kappa shape index (κ3) is 0.759. The third-order valence-corrected chi connectivity index (χ3v) is 2.84. The first-order valence-corrected chi connectivity index (χ1v) is 3.98. The van der Waals surface area contributed by atoms with Gasteiger partial charge >= 0.3 is 0 Å². The van der Waals surface area contributed by atoms with Crippen LogP contribution in [0, 0.1) is 23.2 Å². The fourth-order valence-corrected chi connectivity index (χ4v) is 2.36. The molecule has 0 radical (unpaired) electrons. The molecule has 2 atom stereocenters. The van der Waals surface area contributed by atoms with E-state index in [0.717, 1.165) is 11.8 Å². The van der Waals surface area contributed by atoms with E-state index in [1.54, 1.807) is 6.08 Å². The van der Waals surface area contributed by atoms with E-state index in [9.17, 15) is 0 Å². The number of nitriles is 1. The summed E-state index contributed by atoms with van der Waals surface area (Å²) in [4.78, 5) is 0. The second kappa shape index (κ2) is 2.12. The zero-order chi connectivity index (χ0) is 6.97. The summed E-state index contributed by atoms with van der Waals surface area (Å²) in [6.45, 7) is 0. The van der Waals surface area contributed by atoms with Crippen LogP contribution in [0.2, 0.25) is 0 Å². The summed E-state index contributed by atoms with van der Waals surface area (Å²) >= 11 is 0. The van der Waals surface area contributed by atoms with E-state index < -0.39 is 0 Å². The molecule has 2 aliphatic rings. The molecule has 2 bridgehead atoms. The maximum atomic E-state index is 8.43. The molecule has 0 amide bonds. The number of allylic oxidation sites excluding steroid dienone is 2. The van der Waals surface area contributed by atoms with Gasteiger partial charge in [0.25, 0.3) is 0 Å². The van der Waals surface area contributed by atoms with Gasteiger partial charge in [-0.05, 0) is 37.5 Å². The Morgan fingerprint density at radius 2 is 2.40 bits per heavy atom. The summed E-state index contributed by atoms with van der Waals surface area (Å²) in [5.74, 6) is 1.73. The van der Waals surface area contributed by atoms with Crippen LogP contribution in [-0.4, -0.2) is 0 Å². The first-order valence-electron chi connectivity index (χ1n) is 3.98. The highest BCUT2D eigenvalue weighted by Crippen LogP contribution is 2.47. The fraction of sp³-hybridized carbons (Fsp3) is 0.667. The minimum absolute atomic E-state index is 0.796. The first-order chi connectivity index (χ1) is 4.90. The Balaban J connectivity index is 2.17. The first kappa shape index (κ1) is 5.97. The summed E-state index contributed by atoms with van der Waals surface area (Å²) in [5.41, 5.74) is 1.43. The van der Waals surface area contributed by atoms with E-state index in [4.69, 9.17) is 5.26 Å². The number of rotatable bonds is 0. The van der Waals surface area contributed by atoms with Crippen LogP contribution in [0.3, 0.4) is 0 Å². The fourth-order valence-electron chi connectivity index (χ4n) is 2.36. The van der Waals surface area contributed by atoms with Gasteiger partial charge in [0.05, 0.1) is 6.07 Å². The van der Waals surface area contributed by atoms with Gasteiger partial charge in [-0.3, -0.25) is 0 Å². The Morgan fingerprint density at radius 3 is 2.90 bits per heavy atom. The van der Waals surface area contributed by atoms with Crippen molar-refractivity contribution >= 4 is 0 Å². The molecule has 2 saturated carbocycles. The molecule has 0 aromatic heterocycles. The molecule has 0 spiro atoms. The lowest BCUT2D eigenvalue weighted by atomic mass is 9.95. The average Bonchev–Trinajstić information content (AvgIpc) is 2.48. The van der Waals surface area contributed by atoms with Crippen molar-refractivity contribution in [3.8, 4) is 6.07 Å². The van der Waals surface area contributed by atoms with Crippen LogP contribution in [0.15, 0.2) is 11.6 Å². The van der Waals surface area contributed by atoms with E-state index >= 15 is 0 Å². The summed E-state index contributed by atoms with van der Waals surface area (Å²) in [6, 6.07) is 2.13. The number of nitrogens with zero attached hydrogens (tertiary/aromatic N) is 1. The van der Waals surface area contributed by atoms with E-state index in [1.165, 1.54) is 31.3 Å². The monoisotopic (exact) mass is 133 g/mol. The van der Waals surface area contributed by atoms with E-state index in [2.05, 4.69) is 6.07 Å². The molecule has 2 aliphatic carbocycles. The molecule has 2 fully saturated rings. The Hall–Kier alpha value is -0.770. The van der Waals surface area contributed by atoms with Crippen molar-refractivity contribution in [2.75, 3.05) is 0 Å². The second-order valence-corrected chi connectivity index (χ2v) is 3.43. The van der Waals surface area contributed by atoms with Gasteiger partial charge < -0.3 is 0 Å². The van der Waals surface area contributed by atoms with E-state index in [0.29, 0.717) is 0 Å². The minimum atomic E-state index is 0.796. The van der Waals surface area contributed by atoms with Crippen LogP contribution in [0.25, 0.3) is 0 Å². The highest BCUT2D eigenvalue weighted by atomic mass is 14.4. The normalized spacial score (nSPS) is 40.5. The molecule has 2 unspecified atom stereocenters. The van der Waals surface area contributed by atoms with Crippen molar-refractivity contribution < 1.29 is 0 Å².